The quantitative estimate of drug-likeness (QED) is 0.428. The normalized spacial score (nSPS) is 11.8. The fourth-order valence-electron chi connectivity index (χ4n) is 2.58. The van der Waals surface area contributed by atoms with E-state index in [2.05, 4.69) is 15.4 Å². The van der Waals surface area contributed by atoms with E-state index in [0.717, 1.165) is 0 Å². The Bertz CT molecular complexity index is 972. The number of rotatable bonds is 11. The molecule has 0 saturated carbocycles. The molecule has 3 N–H and O–H groups in total. The van der Waals surface area contributed by atoms with Crippen LogP contribution in [0.1, 0.15) is 29.8 Å². The molecule has 2 aromatic carbocycles. The minimum atomic E-state index is -4.46. The summed E-state index contributed by atoms with van der Waals surface area (Å²) in [6, 6.07) is 11.9. The van der Waals surface area contributed by atoms with Gasteiger partial charge in [-0.05, 0) is 54.0 Å². The Morgan fingerprint density at radius 1 is 1.00 bits per heavy atom. The Morgan fingerprint density at radius 2 is 1.59 bits per heavy atom. The van der Waals surface area contributed by atoms with Gasteiger partial charge < -0.3 is 25.2 Å². The lowest BCUT2D eigenvalue weighted by atomic mass is 10.1. The van der Waals surface area contributed by atoms with Gasteiger partial charge >= 0.3 is 6.18 Å². The van der Waals surface area contributed by atoms with Crippen molar-refractivity contribution in [3.63, 3.8) is 0 Å². The number of hydrogen-bond acceptors (Lipinski definition) is 5. The number of halogens is 3. The van der Waals surface area contributed by atoms with Gasteiger partial charge in [0.15, 0.2) is 6.61 Å². The molecular formula is C24H27F3N2O5. The topological polar surface area (TPSA) is 96.9 Å². The molecule has 0 atom stereocenters. The van der Waals surface area contributed by atoms with E-state index in [1.165, 1.54) is 30.3 Å². The van der Waals surface area contributed by atoms with Crippen LogP contribution in [0.15, 0.2) is 54.2 Å². The maximum atomic E-state index is 12.7. The van der Waals surface area contributed by atoms with Crippen molar-refractivity contribution in [1.82, 2.24) is 10.6 Å². The Balaban J connectivity index is 2.15. The number of alkyl halides is 3. The van der Waals surface area contributed by atoms with Gasteiger partial charge in [-0.1, -0.05) is 26.0 Å². The number of amides is 2. The van der Waals surface area contributed by atoms with Gasteiger partial charge in [0, 0.05) is 12.1 Å². The summed E-state index contributed by atoms with van der Waals surface area (Å²) in [7, 11) is 0. The molecule has 0 aliphatic rings. The average molecular weight is 480 g/mol. The molecule has 0 aliphatic heterocycles. The first kappa shape index (κ1) is 26.7. The van der Waals surface area contributed by atoms with Crippen LogP contribution in [-0.2, 0) is 4.79 Å². The van der Waals surface area contributed by atoms with Crippen LogP contribution in [0, 0.1) is 5.92 Å². The fraction of sp³-hybridized carbons (Fsp3) is 0.333. The van der Waals surface area contributed by atoms with E-state index < -0.39 is 24.6 Å². The van der Waals surface area contributed by atoms with E-state index in [1.807, 2.05) is 13.8 Å². The fourth-order valence-corrected chi connectivity index (χ4v) is 2.58. The molecule has 0 saturated heterocycles. The van der Waals surface area contributed by atoms with Gasteiger partial charge in [-0.3, -0.25) is 9.59 Å². The highest BCUT2D eigenvalue weighted by Crippen LogP contribution is 2.20. The van der Waals surface area contributed by atoms with Crippen molar-refractivity contribution < 1.29 is 37.3 Å². The molecule has 2 amide bonds. The van der Waals surface area contributed by atoms with Gasteiger partial charge in [-0.25, -0.2) is 0 Å². The van der Waals surface area contributed by atoms with Crippen LogP contribution in [0.5, 0.6) is 11.5 Å². The second-order valence-electron chi connectivity index (χ2n) is 7.69. The van der Waals surface area contributed by atoms with E-state index in [1.54, 1.807) is 24.3 Å². The number of aliphatic hydroxyl groups excluding tert-OH is 1. The van der Waals surface area contributed by atoms with Crippen LogP contribution in [0.25, 0.3) is 6.08 Å². The predicted octanol–water partition coefficient (Wildman–Crippen LogP) is 3.54. The highest BCUT2D eigenvalue weighted by Gasteiger charge is 2.28. The minimum absolute atomic E-state index is 0.00423. The summed E-state index contributed by atoms with van der Waals surface area (Å²) < 4.78 is 47.1. The van der Waals surface area contributed by atoms with E-state index in [9.17, 15) is 22.8 Å². The molecule has 7 nitrogen and oxygen atoms in total. The zero-order valence-corrected chi connectivity index (χ0v) is 18.8. The van der Waals surface area contributed by atoms with E-state index in [0.29, 0.717) is 23.8 Å². The van der Waals surface area contributed by atoms with Gasteiger partial charge in [0.05, 0.1) is 13.2 Å². The molecule has 0 heterocycles. The average Bonchev–Trinajstić information content (AvgIpc) is 2.80. The zero-order valence-electron chi connectivity index (χ0n) is 18.8. The highest BCUT2D eigenvalue weighted by molar-refractivity contribution is 6.05. The van der Waals surface area contributed by atoms with Crippen LogP contribution in [-0.4, -0.2) is 49.5 Å². The highest BCUT2D eigenvalue weighted by atomic mass is 19.4. The van der Waals surface area contributed by atoms with Crippen molar-refractivity contribution in [2.45, 2.75) is 20.0 Å². The molecule has 0 aliphatic carbocycles. The van der Waals surface area contributed by atoms with Crippen molar-refractivity contribution in [1.29, 1.82) is 0 Å². The van der Waals surface area contributed by atoms with Gasteiger partial charge in [0.1, 0.15) is 17.2 Å². The molecule has 2 aromatic rings. The van der Waals surface area contributed by atoms with E-state index >= 15 is 0 Å². The van der Waals surface area contributed by atoms with Crippen LogP contribution in [0.3, 0.4) is 0 Å². The molecular weight excluding hydrogens is 453 g/mol. The smallest absolute Gasteiger partial charge is 0.422 e. The number of aliphatic hydroxyl groups is 1. The summed E-state index contributed by atoms with van der Waals surface area (Å²) in [5, 5.41) is 13.9. The van der Waals surface area contributed by atoms with Gasteiger partial charge in [0.2, 0.25) is 0 Å². The first-order chi connectivity index (χ1) is 16.1. The van der Waals surface area contributed by atoms with E-state index in [-0.39, 0.29) is 30.2 Å². The molecule has 0 radical (unpaired) electrons. The Hall–Kier alpha value is -3.53. The van der Waals surface area contributed by atoms with Crippen molar-refractivity contribution in [3.8, 4) is 11.5 Å². The first-order valence-corrected chi connectivity index (χ1v) is 10.5. The van der Waals surface area contributed by atoms with Crippen LogP contribution in [0.4, 0.5) is 13.2 Å². The molecule has 2 rings (SSSR count). The van der Waals surface area contributed by atoms with Crippen LogP contribution < -0.4 is 20.1 Å². The third kappa shape index (κ3) is 9.53. The molecule has 10 heteroatoms. The van der Waals surface area contributed by atoms with Crippen molar-refractivity contribution in [2.75, 3.05) is 26.4 Å². The van der Waals surface area contributed by atoms with Crippen molar-refractivity contribution in [3.05, 3.63) is 65.4 Å². The molecule has 0 unspecified atom stereocenters. The molecule has 34 heavy (non-hydrogen) atoms. The Kier molecular flexibility index (Phi) is 9.93. The summed E-state index contributed by atoms with van der Waals surface area (Å²) >= 11 is 0. The maximum absolute atomic E-state index is 12.7. The van der Waals surface area contributed by atoms with Gasteiger partial charge in [-0.15, -0.1) is 0 Å². The summed E-state index contributed by atoms with van der Waals surface area (Å²) in [5.41, 5.74) is 0.613. The zero-order chi connectivity index (χ0) is 25.1. The lowest BCUT2D eigenvalue weighted by molar-refractivity contribution is -0.153. The number of carbonyl (C=O) groups is 2. The third-order valence-electron chi connectivity index (χ3n) is 4.18. The van der Waals surface area contributed by atoms with Gasteiger partial charge in [0.25, 0.3) is 11.8 Å². The third-order valence-corrected chi connectivity index (χ3v) is 4.18. The second-order valence-corrected chi connectivity index (χ2v) is 7.69. The summed E-state index contributed by atoms with van der Waals surface area (Å²) in [5.74, 6) is -0.236. The lowest BCUT2D eigenvalue weighted by Gasteiger charge is -2.12. The maximum Gasteiger partial charge on any atom is 0.422 e. The number of hydrogen-bond donors (Lipinski definition) is 3. The molecule has 0 aromatic heterocycles. The number of ether oxygens (including phenoxy) is 2. The Labute approximate surface area is 195 Å². The monoisotopic (exact) mass is 480 g/mol. The predicted molar refractivity (Wildman–Crippen MR) is 120 cm³/mol. The second kappa shape index (κ2) is 12.6. The number of nitrogens with one attached hydrogen (secondary N) is 2. The van der Waals surface area contributed by atoms with E-state index in [4.69, 9.17) is 9.84 Å². The SMILES string of the molecule is CC(C)COc1ccc(C(=O)N/C(=C\c2ccc(OCC(F)(F)F)cc2)C(=O)NCCO)cc1. The summed E-state index contributed by atoms with van der Waals surface area (Å²) in [6.45, 7) is 2.81. The number of benzene rings is 2. The van der Waals surface area contributed by atoms with Crippen molar-refractivity contribution in [2.24, 2.45) is 5.92 Å². The van der Waals surface area contributed by atoms with Crippen LogP contribution >= 0.6 is 0 Å². The molecule has 0 bridgehead atoms. The largest absolute Gasteiger partial charge is 0.493 e. The van der Waals surface area contributed by atoms with Crippen LogP contribution in [0.2, 0.25) is 0 Å². The lowest BCUT2D eigenvalue weighted by Crippen LogP contribution is -2.36. The standard InChI is InChI=1S/C24H27F3N2O5/c1-16(2)14-33-19-9-5-18(6-10-19)22(31)29-21(23(32)28-11-12-30)13-17-3-7-20(8-4-17)34-15-24(25,26)27/h3-10,13,16,30H,11-12,14-15H2,1-2H3,(H,28,32)(H,29,31)/b21-13-. The Morgan fingerprint density at radius 3 is 2.15 bits per heavy atom. The molecule has 0 spiro atoms. The molecule has 184 valence electrons. The van der Waals surface area contributed by atoms with Gasteiger partial charge in [-0.2, -0.15) is 13.2 Å². The minimum Gasteiger partial charge on any atom is -0.493 e. The van der Waals surface area contributed by atoms with Crippen molar-refractivity contribution >= 4 is 17.9 Å². The number of carbonyl (C=O) groups excluding carboxylic acids is 2. The summed E-state index contributed by atoms with van der Waals surface area (Å²) in [6.07, 6.45) is -3.10. The summed E-state index contributed by atoms with van der Waals surface area (Å²) in [4.78, 5) is 25.2. The molecule has 0 fully saturated rings. The first-order valence-electron chi connectivity index (χ1n) is 10.5.